The number of nitrogens with one attached hydrogen (secondary N) is 1. The van der Waals surface area contributed by atoms with Crippen LogP contribution in [0.15, 0.2) is 72.9 Å². The average molecular weight is 450 g/mol. The van der Waals surface area contributed by atoms with Gasteiger partial charge in [0.1, 0.15) is 11.5 Å². The van der Waals surface area contributed by atoms with Crippen molar-refractivity contribution >= 4 is 28.4 Å². The van der Waals surface area contributed by atoms with E-state index in [2.05, 4.69) is 21.4 Å². The number of aromatic nitrogens is 2. The molecule has 2 atom stereocenters. The number of ketones is 1. The number of hydrogen-bond donors (Lipinski definition) is 2. The van der Waals surface area contributed by atoms with Crippen LogP contribution in [0.5, 0.6) is 0 Å². The summed E-state index contributed by atoms with van der Waals surface area (Å²) in [5.74, 6) is 0.270. The van der Waals surface area contributed by atoms with Gasteiger partial charge in [0, 0.05) is 29.5 Å². The van der Waals surface area contributed by atoms with Crippen molar-refractivity contribution in [3.05, 3.63) is 101 Å². The summed E-state index contributed by atoms with van der Waals surface area (Å²) in [7, 11) is 0. The van der Waals surface area contributed by atoms with E-state index in [1.165, 1.54) is 0 Å². The molecule has 2 N–H and O–H groups in total. The predicted octanol–water partition coefficient (Wildman–Crippen LogP) is 3.97. The Hall–Kier alpha value is -3.90. The molecule has 6 nitrogen and oxygen atoms in total. The summed E-state index contributed by atoms with van der Waals surface area (Å²) in [6, 6.07) is 21.2. The van der Waals surface area contributed by atoms with E-state index in [9.17, 15) is 14.7 Å². The third-order valence-corrected chi connectivity index (χ3v) is 7.19. The van der Waals surface area contributed by atoms with Crippen LogP contribution in [0, 0.1) is 0 Å². The normalized spacial score (nSPS) is 19.1. The topological polar surface area (TPSA) is 92.2 Å². The van der Waals surface area contributed by atoms with Gasteiger partial charge in [-0.2, -0.15) is 0 Å². The summed E-state index contributed by atoms with van der Waals surface area (Å²) < 4.78 is 0. The van der Waals surface area contributed by atoms with E-state index < -0.39 is 5.41 Å². The number of anilines is 1. The molecule has 0 saturated carbocycles. The van der Waals surface area contributed by atoms with Crippen molar-refractivity contribution in [2.45, 2.75) is 30.6 Å². The molecule has 1 spiro atoms. The van der Waals surface area contributed by atoms with Crippen LogP contribution in [-0.2, 0) is 23.1 Å². The van der Waals surface area contributed by atoms with E-state index in [4.69, 9.17) is 0 Å². The Morgan fingerprint density at radius 1 is 1.03 bits per heavy atom. The molecule has 2 aromatic carbocycles. The maximum absolute atomic E-state index is 13.0. The molecule has 1 amide bonds. The summed E-state index contributed by atoms with van der Waals surface area (Å²) >= 11 is 0. The fourth-order valence-electron chi connectivity index (χ4n) is 5.39. The van der Waals surface area contributed by atoms with Crippen molar-refractivity contribution in [1.29, 1.82) is 0 Å². The highest BCUT2D eigenvalue weighted by Gasteiger charge is 2.51. The molecule has 0 bridgehead atoms. The highest BCUT2D eigenvalue weighted by molar-refractivity contribution is 6.06. The fraction of sp³-hybridized carbons (Fsp3) is 0.214. The van der Waals surface area contributed by atoms with Crippen LogP contribution in [0.25, 0.3) is 10.9 Å². The number of fused-ring (bicyclic) bond motifs is 4. The van der Waals surface area contributed by atoms with Crippen LogP contribution >= 0.6 is 0 Å². The minimum Gasteiger partial charge on any atom is -0.396 e. The molecule has 6 rings (SSSR count). The number of aliphatic hydroxyl groups excluding tert-OH is 1. The van der Waals surface area contributed by atoms with E-state index in [1.807, 2.05) is 54.6 Å². The number of nitrogens with zero attached hydrogens (tertiary/aromatic N) is 2. The van der Waals surface area contributed by atoms with Gasteiger partial charge in [0.05, 0.1) is 17.5 Å². The zero-order valence-electron chi connectivity index (χ0n) is 18.5. The van der Waals surface area contributed by atoms with Gasteiger partial charge in [0.25, 0.3) is 0 Å². The zero-order valence-corrected chi connectivity index (χ0v) is 18.5. The number of pyridine rings is 2. The lowest BCUT2D eigenvalue weighted by Crippen LogP contribution is -2.35. The number of amides is 1. The Kier molecular flexibility index (Phi) is 4.78. The Bertz CT molecular complexity index is 1450. The van der Waals surface area contributed by atoms with Crippen molar-refractivity contribution in [2.75, 3.05) is 11.9 Å². The summed E-state index contributed by atoms with van der Waals surface area (Å²) in [5.41, 5.74) is 4.59. The largest absolute Gasteiger partial charge is 0.396 e. The fourth-order valence-corrected chi connectivity index (χ4v) is 5.39. The van der Waals surface area contributed by atoms with Gasteiger partial charge in [-0.05, 0) is 53.8 Å². The molecule has 2 unspecified atom stereocenters. The molecule has 0 fully saturated rings. The first kappa shape index (κ1) is 20.7. The van der Waals surface area contributed by atoms with E-state index in [0.29, 0.717) is 24.4 Å². The van der Waals surface area contributed by atoms with Gasteiger partial charge in [-0.1, -0.05) is 42.5 Å². The Balaban J connectivity index is 1.31. The van der Waals surface area contributed by atoms with Gasteiger partial charge in [-0.3, -0.25) is 9.59 Å². The average Bonchev–Trinajstić information content (AvgIpc) is 3.37. The van der Waals surface area contributed by atoms with E-state index in [-0.39, 0.29) is 30.6 Å². The Morgan fingerprint density at radius 3 is 2.62 bits per heavy atom. The van der Waals surface area contributed by atoms with Crippen LogP contribution < -0.4 is 5.32 Å². The molecule has 34 heavy (non-hydrogen) atoms. The highest BCUT2D eigenvalue weighted by atomic mass is 16.3. The smallest absolute Gasteiger partial charge is 0.237 e. The first-order chi connectivity index (χ1) is 16.6. The number of rotatable bonds is 5. The molecule has 168 valence electrons. The monoisotopic (exact) mass is 449 g/mol. The minimum absolute atomic E-state index is 0.0127. The maximum atomic E-state index is 13.0. The molecule has 4 aromatic rings. The number of hydrogen-bond acceptors (Lipinski definition) is 5. The molecule has 2 aliphatic rings. The molecule has 6 heteroatoms. The standard InChI is InChI=1S/C28H23N3O3/c32-16-21(17-5-2-1-3-6-17)13-25(33)23-9-8-18-11-19-14-28(15-20(19)12-24(18)30-23)22-7-4-10-29-26(22)31-27(28)34/h1-12,21,32H,13-16H2,(H,29,31,34). The molecular weight excluding hydrogens is 426 g/mol. The van der Waals surface area contributed by atoms with Crippen molar-refractivity contribution in [3.63, 3.8) is 0 Å². The Labute approximate surface area is 196 Å². The van der Waals surface area contributed by atoms with Gasteiger partial charge in [0.15, 0.2) is 5.78 Å². The molecular formula is C28H23N3O3. The SMILES string of the molecule is O=C(CC(CO)c1ccccc1)c1ccc2cc3c(cc2n1)CC1(C3)C(=O)Nc2ncccc21. The summed E-state index contributed by atoms with van der Waals surface area (Å²) in [6.45, 7) is -0.0999. The van der Waals surface area contributed by atoms with E-state index >= 15 is 0 Å². The van der Waals surface area contributed by atoms with Gasteiger partial charge >= 0.3 is 0 Å². The van der Waals surface area contributed by atoms with E-state index in [1.54, 1.807) is 12.3 Å². The quantitative estimate of drug-likeness (QED) is 0.450. The predicted molar refractivity (Wildman–Crippen MR) is 129 cm³/mol. The molecule has 0 saturated heterocycles. The molecule has 3 heterocycles. The number of Topliss-reactive ketones (excluding diaryl/α,β-unsaturated/α-hetero) is 1. The second-order valence-electron chi connectivity index (χ2n) is 9.22. The van der Waals surface area contributed by atoms with Crippen LogP contribution in [0.3, 0.4) is 0 Å². The number of aliphatic hydroxyl groups is 1. The highest BCUT2D eigenvalue weighted by Crippen LogP contribution is 2.47. The molecule has 1 aliphatic carbocycles. The summed E-state index contributed by atoms with van der Waals surface area (Å²) in [5, 5.41) is 13.7. The molecule has 1 aliphatic heterocycles. The zero-order chi connectivity index (χ0) is 23.3. The first-order valence-corrected chi connectivity index (χ1v) is 11.5. The lowest BCUT2D eigenvalue weighted by atomic mass is 9.79. The molecule has 0 radical (unpaired) electrons. The van der Waals surface area contributed by atoms with Crippen LogP contribution in [0.4, 0.5) is 5.82 Å². The lowest BCUT2D eigenvalue weighted by Gasteiger charge is -2.20. The van der Waals surface area contributed by atoms with Gasteiger partial charge in [-0.25, -0.2) is 9.97 Å². The third-order valence-electron chi connectivity index (χ3n) is 7.19. The van der Waals surface area contributed by atoms with Crippen molar-refractivity contribution in [1.82, 2.24) is 9.97 Å². The van der Waals surface area contributed by atoms with Gasteiger partial charge < -0.3 is 10.4 Å². The lowest BCUT2D eigenvalue weighted by molar-refractivity contribution is -0.120. The van der Waals surface area contributed by atoms with Gasteiger partial charge in [-0.15, -0.1) is 0 Å². The number of carbonyl (C=O) groups is 2. The van der Waals surface area contributed by atoms with Crippen molar-refractivity contribution in [2.24, 2.45) is 0 Å². The van der Waals surface area contributed by atoms with Crippen LogP contribution in [0.2, 0.25) is 0 Å². The van der Waals surface area contributed by atoms with E-state index in [0.717, 1.165) is 33.2 Å². The van der Waals surface area contributed by atoms with Crippen LogP contribution in [0.1, 0.15) is 45.1 Å². The number of benzene rings is 2. The second-order valence-corrected chi connectivity index (χ2v) is 9.22. The van der Waals surface area contributed by atoms with Gasteiger partial charge in [0.2, 0.25) is 5.91 Å². The second kappa shape index (κ2) is 7.85. The van der Waals surface area contributed by atoms with Crippen molar-refractivity contribution in [3.8, 4) is 0 Å². The maximum Gasteiger partial charge on any atom is 0.237 e. The molecule has 2 aromatic heterocycles. The summed E-state index contributed by atoms with van der Waals surface area (Å²) in [4.78, 5) is 35.0. The Morgan fingerprint density at radius 2 is 1.82 bits per heavy atom. The number of carbonyl (C=O) groups excluding carboxylic acids is 2. The third kappa shape index (κ3) is 3.22. The van der Waals surface area contributed by atoms with Crippen molar-refractivity contribution < 1.29 is 14.7 Å². The van der Waals surface area contributed by atoms with Crippen LogP contribution in [-0.4, -0.2) is 33.4 Å². The minimum atomic E-state index is -0.633. The first-order valence-electron chi connectivity index (χ1n) is 11.5. The summed E-state index contributed by atoms with van der Waals surface area (Å²) in [6.07, 6.45) is 3.09.